The van der Waals surface area contributed by atoms with Crippen molar-refractivity contribution in [1.29, 1.82) is 0 Å². The minimum absolute atomic E-state index is 0.0217. The number of benzene rings is 5. The van der Waals surface area contributed by atoms with E-state index < -0.39 is 23.4 Å². The minimum Gasteiger partial charge on any atom is -0.444 e. The molecular weight excluding hydrogens is 715 g/mol. The van der Waals surface area contributed by atoms with Crippen molar-refractivity contribution >= 4 is 12.2 Å². The van der Waals surface area contributed by atoms with Crippen LogP contribution in [0.4, 0.5) is 9.59 Å². The van der Waals surface area contributed by atoms with Crippen LogP contribution in [0.2, 0.25) is 0 Å². The van der Waals surface area contributed by atoms with E-state index in [2.05, 4.69) is 52.8 Å². The van der Waals surface area contributed by atoms with Gasteiger partial charge in [0.25, 0.3) is 0 Å². The first-order valence-corrected chi connectivity index (χ1v) is 19.5. The fraction of sp³-hybridized carbons (Fsp3) is 0.277. The Bertz CT molecular complexity index is 2120. The van der Waals surface area contributed by atoms with Crippen LogP contribution >= 0.6 is 0 Å². The highest BCUT2D eigenvalue weighted by Crippen LogP contribution is 2.43. The van der Waals surface area contributed by atoms with Gasteiger partial charge in [0, 0.05) is 12.1 Å². The molecule has 0 atom stereocenters. The standard InChI is InChI=1S/C47H48N5O5/c1-46(2,3)57-44(53)51(32-33-55-45(54)56-40-24-14-7-15-25-40)34-35-28-30-36(31-29-35)41-26-16-17-27-42(41)43-48-49-50-52(43)47(37-18-8-4-9-19-37,38-20-10-5-11-21-38)39-22-12-6-13-23-39/h4-6,8-13,16-23,26-31,33,40H,7,14-15,24-25,32,34H2,1-3H3. The number of hydrogen-bond acceptors (Lipinski definition) is 8. The summed E-state index contributed by atoms with van der Waals surface area (Å²) in [4.78, 5) is 27.2. The smallest absolute Gasteiger partial charge is 0.444 e. The molecule has 1 saturated carbocycles. The highest BCUT2D eigenvalue weighted by molar-refractivity contribution is 5.81. The first-order chi connectivity index (χ1) is 27.7. The number of hydrogen-bond donors (Lipinski definition) is 0. The Hall–Kier alpha value is -6.29. The van der Waals surface area contributed by atoms with E-state index in [1.54, 1.807) is 0 Å². The zero-order valence-corrected chi connectivity index (χ0v) is 32.7. The molecule has 1 fully saturated rings. The van der Waals surface area contributed by atoms with Crippen molar-refractivity contribution in [2.75, 3.05) is 6.54 Å². The van der Waals surface area contributed by atoms with Crippen molar-refractivity contribution in [2.24, 2.45) is 0 Å². The number of ether oxygens (including phenoxy) is 3. The van der Waals surface area contributed by atoms with Gasteiger partial charge in [-0.3, -0.25) is 0 Å². The quantitative estimate of drug-likeness (QED) is 0.0896. The van der Waals surface area contributed by atoms with Crippen molar-refractivity contribution in [3.8, 4) is 22.5 Å². The molecule has 5 aromatic carbocycles. The molecule has 0 N–H and O–H groups in total. The first-order valence-electron chi connectivity index (χ1n) is 19.5. The topological polar surface area (TPSA) is 109 Å². The molecule has 0 unspecified atom stereocenters. The molecule has 10 heteroatoms. The fourth-order valence-corrected chi connectivity index (χ4v) is 7.50. The molecule has 1 aromatic heterocycles. The zero-order chi connectivity index (χ0) is 39.7. The molecule has 0 aliphatic heterocycles. The van der Waals surface area contributed by atoms with Crippen molar-refractivity contribution in [1.82, 2.24) is 25.1 Å². The van der Waals surface area contributed by atoms with Gasteiger partial charge in [0.1, 0.15) is 17.2 Å². The SMILES string of the molecule is CC(C)(C)OC(=O)N(C[CH]OC(=O)OC1CCCCC1)Cc1ccc(-c2ccccc2-c2nnnn2C(c2ccccc2)(c2ccccc2)c2ccccc2)cc1. The van der Waals surface area contributed by atoms with E-state index in [4.69, 9.17) is 19.4 Å². The lowest BCUT2D eigenvalue weighted by Gasteiger charge is -2.36. The van der Waals surface area contributed by atoms with E-state index in [9.17, 15) is 9.59 Å². The van der Waals surface area contributed by atoms with Crippen LogP contribution in [-0.4, -0.2) is 55.6 Å². The maximum atomic E-state index is 13.3. The molecule has 57 heavy (non-hydrogen) atoms. The monoisotopic (exact) mass is 762 g/mol. The molecular formula is C47H48N5O5. The number of rotatable bonds is 12. The maximum Gasteiger partial charge on any atom is 0.509 e. The zero-order valence-electron chi connectivity index (χ0n) is 32.7. The predicted molar refractivity (Wildman–Crippen MR) is 219 cm³/mol. The van der Waals surface area contributed by atoms with Crippen LogP contribution in [0, 0.1) is 6.61 Å². The lowest BCUT2D eigenvalue weighted by atomic mass is 9.77. The van der Waals surface area contributed by atoms with E-state index in [-0.39, 0.29) is 19.2 Å². The van der Waals surface area contributed by atoms with Crippen molar-refractivity contribution in [2.45, 2.75) is 76.7 Å². The highest BCUT2D eigenvalue weighted by Gasteiger charge is 2.42. The Kier molecular flexibility index (Phi) is 12.1. The van der Waals surface area contributed by atoms with Gasteiger partial charge in [0.2, 0.25) is 0 Å². The Labute approximate surface area is 334 Å². The third kappa shape index (κ3) is 9.07. The molecule has 7 rings (SSSR count). The van der Waals surface area contributed by atoms with Crippen LogP contribution in [0.25, 0.3) is 22.5 Å². The second-order valence-electron chi connectivity index (χ2n) is 15.2. The molecule has 1 amide bonds. The lowest BCUT2D eigenvalue weighted by Crippen LogP contribution is -2.39. The Morgan fingerprint density at radius 3 is 1.82 bits per heavy atom. The number of carbonyl (C=O) groups excluding carboxylic acids is 2. The van der Waals surface area contributed by atoms with Gasteiger partial charge in [0.05, 0.1) is 6.54 Å². The second-order valence-corrected chi connectivity index (χ2v) is 15.2. The van der Waals surface area contributed by atoms with Gasteiger partial charge in [-0.15, -0.1) is 5.10 Å². The summed E-state index contributed by atoms with van der Waals surface area (Å²) in [7, 11) is 0. The molecule has 0 spiro atoms. The van der Waals surface area contributed by atoms with Crippen LogP contribution in [0.3, 0.4) is 0 Å². The largest absolute Gasteiger partial charge is 0.509 e. The Morgan fingerprint density at radius 2 is 1.26 bits per heavy atom. The van der Waals surface area contributed by atoms with Crippen LogP contribution < -0.4 is 0 Å². The van der Waals surface area contributed by atoms with Crippen LogP contribution in [0.1, 0.15) is 75.1 Å². The van der Waals surface area contributed by atoms with Crippen LogP contribution in [0.5, 0.6) is 0 Å². The van der Waals surface area contributed by atoms with E-state index >= 15 is 0 Å². The maximum absolute atomic E-state index is 13.3. The Morgan fingerprint density at radius 1 is 0.719 bits per heavy atom. The van der Waals surface area contributed by atoms with E-state index in [0.29, 0.717) is 5.82 Å². The molecule has 1 aliphatic carbocycles. The minimum atomic E-state index is -0.905. The van der Waals surface area contributed by atoms with E-state index in [0.717, 1.165) is 71.0 Å². The van der Waals surface area contributed by atoms with Crippen LogP contribution in [-0.2, 0) is 26.3 Å². The van der Waals surface area contributed by atoms with Gasteiger partial charge in [-0.2, -0.15) is 0 Å². The average Bonchev–Trinajstić information content (AvgIpc) is 3.72. The predicted octanol–water partition coefficient (Wildman–Crippen LogP) is 10.2. The van der Waals surface area contributed by atoms with Gasteiger partial charge in [-0.1, -0.05) is 146 Å². The van der Waals surface area contributed by atoms with Gasteiger partial charge in [-0.05, 0) is 90.3 Å². The first kappa shape index (κ1) is 39.0. The second kappa shape index (κ2) is 17.7. The molecule has 1 radical (unpaired) electrons. The third-order valence-corrected chi connectivity index (χ3v) is 10.1. The summed E-state index contributed by atoms with van der Waals surface area (Å²) in [5.74, 6) is 0.597. The molecule has 291 valence electrons. The lowest BCUT2D eigenvalue weighted by molar-refractivity contribution is 0.0104. The summed E-state index contributed by atoms with van der Waals surface area (Å²) in [6, 6.07) is 47.0. The average molecular weight is 763 g/mol. The summed E-state index contributed by atoms with van der Waals surface area (Å²) in [6.07, 6.45) is 3.50. The number of amides is 1. The summed E-state index contributed by atoms with van der Waals surface area (Å²) in [5, 5.41) is 13.7. The highest BCUT2D eigenvalue weighted by atomic mass is 16.7. The van der Waals surface area contributed by atoms with Crippen molar-refractivity contribution in [3.05, 3.63) is 168 Å². The Balaban J connectivity index is 1.18. The number of nitrogens with zero attached hydrogens (tertiary/aromatic N) is 5. The van der Waals surface area contributed by atoms with Gasteiger partial charge in [0.15, 0.2) is 12.4 Å². The summed E-state index contributed by atoms with van der Waals surface area (Å²) in [6.45, 7) is 6.99. The molecule has 0 bridgehead atoms. The van der Waals surface area contributed by atoms with Crippen molar-refractivity contribution < 1.29 is 23.8 Å². The van der Waals surface area contributed by atoms with E-state index in [1.807, 2.05) is 123 Å². The third-order valence-electron chi connectivity index (χ3n) is 10.1. The number of aromatic nitrogens is 4. The normalized spacial score (nSPS) is 13.5. The molecule has 1 heterocycles. The van der Waals surface area contributed by atoms with Gasteiger partial charge < -0.3 is 19.1 Å². The van der Waals surface area contributed by atoms with E-state index in [1.165, 1.54) is 11.5 Å². The summed E-state index contributed by atoms with van der Waals surface area (Å²) in [5.41, 5.74) is 5.01. The molecule has 0 saturated heterocycles. The number of tetrazole rings is 1. The fourth-order valence-electron chi connectivity index (χ4n) is 7.50. The van der Waals surface area contributed by atoms with Crippen LogP contribution in [0.15, 0.2) is 140 Å². The molecule has 1 aliphatic rings. The summed E-state index contributed by atoms with van der Waals surface area (Å²) >= 11 is 0. The molecule has 6 aromatic rings. The van der Waals surface area contributed by atoms with Crippen molar-refractivity contribution in [3.63, 3.8) is 0 Å². The summed E-state index contributed by atoms with van der Waals surface area (Å²) < 4.78 is 18.4. The number of carbonyl (C=O) groups is 2. The molecule has 10 nitrogen and oxygen atoms in total. The van der Waals surface area contributed by atoms with Gasteiger partial charge in [-0.25, -0.2) is 14.3 Å². The van der Waals surface area contributed by atoms with Gasteiger partial charge >= 0.3 is 12.2 Å².